The Labute approximate surface area is 62.8 Å². The van der Waals surface area contributed by atoms with Crippen LogP contribution in [0, 0.1) is 0 Å². The van der Waals surface area contributed by atoms with Crippen LogP contribution in [0.25, 0.3) is 0 Å². The van der Waals surface area contributed by atoms with Gasteiger partial charge in [0.05, 0.1) is 5.84 Å². The maximum atomic E-state index is 5.35. The Balaban J connectivity index is 3.54. The normalized spacial score (nSPS) is 11.6. The quantitative estimate of drug-likeness (QED) is 0.471. The van der Waals surface area contributed by atoms with Crippen molar-refractivity contribution in [1.82, 2.24) is 0 Å². The zero-order chi connectivity index (χ0) is 7.98. The monoisotopic (exact) mass is 140 g/mol. The van der Waals surface area contributed by atoms with Gasteiger partial charge >= 0.3 is 0 Å². The minimum absolute atomic E-state index is 0.598. The van der Waals surface area contributed by atoms with E-state index in [9.17, 15) is 0 Å². The van der Waals surface area contributed by atoms with Crippen molar-refractivity contribution in [3.8, 4) is 0 Å². The standard InChI is InChI=1S/C8H16N2/c1-4-5-6-7(2)10-8(3)9/h2,4-6H2,1,3H3,(H2,9,10). The number of allylic oxidation sites excluding steroid dienone is 1. The minimum Gasteiger partial charge on any atom is -0.387 e. The van der Waals surface area contributed by atoms with Crippen molar-refractivity contribution in [2.24, 2.45) is 10.7 Å². The highest BCUT2D eigenvalue weighted by Gasteiger charge is 1.89. The molecule has 58 valence electrons. The molecule has 0 unspecified atom stereocenters. The molecule has 0 radical (unpaired) electrons. The van der Waals surface area contributed by atoms with Crippen LogP contribution in [0.2, 0.25) is 0 Å². The lowest BCUT2D eigenvalue weighted by Gasteiger charge is -1.97. The highest BCUT2D eigenvalue weighted by Crippen LogP contribution is 2.05. The number of rotatable bonds is 4. The molecule has 0 fully saturated rings. The van der Waals surface area contributed by atoms with Gasteiger partial charge in [-0.25, -0.2) is 4.99 Å². The van der Waals surface area contributed by atoms with Crippen molar-refractivity contribution in [2.75, 3.05) is 0 Å². The molecule has 0 aliphatic carbocycles. The fraction of sp³-hybridized carbons (Fsp3) is 0.625. The predicted octanol–water partition coefficient (Wildman–Crippen LogP) is 2.07. The molecule has 0 aliphatic heterocycles. The summed E-state index contributed by atoms with van der Waals surface area (Å²) in [6.45, 7) is 7.68. The number of aliphatic imine (C=N–C) groups is 1. The van der Waals surface area contributed by atoms with Crippen LogP contribution in [0.1, 0.15) is 33.1 Å². The Morgan fingerprint density at radius 2 is 2.20 bits per heavy atom. The molecule has 0 saturated carbocycles. The van der Waals surface area contributed by atoms with E-state index in [2.05, 4.69) is 18.5 Å². The van der Waals surface area contributed by atoms with Crippen LogP contribution >= 0.6 is 0 Å². The van der Waals surface area contributed by atoms with E-state index in [0.717, 1.165) is 18.5 Å². The van der Waals surface area contributed by atoms with E-state index in [4.69, 9.17) is 5.73 Å². The van der Waals surface area contributed by atoms with E-state index in [1.807, 2.05) is 0 Å². The maximum absolute atomic E-state index is 5.35. The van der Waals surface area contributed by atoms with Crippen molar-refractivity contribution in [3.05, 3.63) is 12.3 Å². The summed E-state index contributed by atoms with van der Waals surface area (Å²) in [6.07, 6.45) is 3.29. The lowest BCUT2D eigenvalue weighted by atomic mass is 10.2. The van der Waals surface area contributed by atoms with E-state index in [0.29, 0.717) is 5.84 Å². The zero-order valence-corrected chi connectivity index (χ0v) is 6.85. The minimum atomic E-state index is 0.598. The lowest BCUT2D eigenvalue weighted by Crippen LogP contribution is -2.05. The summed E-state index contributed by atoms with van der Waals surface area (Å²) in [6, 6.07) is 0. The summed E-state index contributed by atoms with van der Waals surface area (Å²) in [5.41, 5.74) is 6.24. The summed E-state index contributed by atoms with van der Waals surface area (Å²) >= 11 is 0. The summed E-state index contributed by atoms with van der Waals surface area (Å²) in [4.78, 5) is 4.01. The third-order valence-corrected chi connectivity index (χ3v) is 1.15. The molecule has 0 aromatic heterocycles. The fourth-order valence-electron chi connectivity index (χ4n) is 0.686. The molecule has 0 saturated heterocycles. The van der Waals surface area contributed by atoms with Crippen molar-refractivity contribution >= 4 is 5.84 Å². The van der Waals surface area contributed by atoms with Gasteiger partial charge in [0.15, 0.2) is 0 Å². The molecule has 0 amide bonds. The molecule has 10 heavy (non-hydrogen) atoms. The van der Waals surface area contributed by atoms with Crippen LogP contribution in [-0.2, 0) is 0 Å². The number of hydrogen-bond donors (Lipinski definition) is 1. The van der Waals surface area contributed by atoms with Gasteiger partial charge in [-0.1, -0.05) is 19.9 Å². The van der Waals surface area contributed by atoms with Gasteiger partial charge in [0.2, 0.25) is 0 Å². The van der Waals surface area contributed by atoms with Crippen molar-refractivity contribution in [3.63, 3.8) is 0 Å². The molecule has 0 aromatic rings. The molecule has 0 rings (SSSR count). The van der Waals surface area contributed by atoms with Gasteiger partial charge in [0.1, 0.15) is 0 Å². The first-order valence-corrected chi connectivity index (χ1v) is 3.65. The molecule has 0 atom stereocenters. The topological polar surface area (TPSA) is 38.4 Å². The largest absolute Gasteiger partial charge is 0.387 e. The Bertz CT molecular complexity index is 132. The average Bonchev–Trinajstić information content (AvgIpc) is 1.82. The molecular weight excluding hydrogens is 124 g/mol. The summed E-state index contributed by atoms with van der Waals surface area (Å²) in [5, 5.41) is 0. The molecule has 0 bridgehead atoms. The molecule has 2 nitrogen and oxygen atoms in total. The van der Waals surface area contributed by atoms with Crippen LogP contribution in [0.5, 0.6) is 0 Å². The van der Waals surface area contributed by atoms with Gasteiger partial charge < -0.3 is 5.73 Å². The third-order valence-electron chi connectivity index (χ3n) is 1.15. The Morgan fingerprint density at radius 3 is 2.60 bits per heavy atom. The molecule has 0 aliphatic rings. The number of nitrogens with two attached hydrogens (primary N) is 1. The van der Waals surface area contributed by atoms with Gasteiger partial charge in [-0.3, -0.25) is 0 Å². The van der Waals surface area contributed by atoms with Gasteiger partial charge in [-0.05, 0) is 19.8 Å². The van der Waals surface area contributed by atoms with Crippen LogP contribution < -0.4 is 5.73 Å². The van der Waals surface area contributed by atoms with E-state index >= 15 is 0 Å². The molecule has 0 spiro atoms. The SMILES string of the molecule is C=C(CCCC)N=C(C)N. The first kappa shape index (κ1) is 9.21. The second-order valence-corrected chi connectivity index (χ2v) is 2.42. The van der Waals surface area contributed by atoms with E-state index in [1.165, 1.54) is 6.42 Å². The Hall–Kier alpha value is -0.790. The van der Waals surface area contributed by atoms with Crippen LogP contribution in [0.3, 0.4) is 0 Å². The summed E-state index contributed by atoms with van der Waals surface area (Å²) < 4.78 is 0. The lowest BCUT2D eigenvalue weighted by molar-refractivity contribution is 0.783. The van der Waals surface area contributed by atoms with Crippen LogP contribution in [0.4, 0.5) is 0 Å². The first-order valence-electron chi connectivity index (χ1n) is 3.65. The number of unbranched alkanes of at least 4 members (excludes halogenated alkanes) is 1. The first-order chi connectivity index (χ1) is 4.66. The third kappa shape index (κ3) is 5.35. The average molecular weight is 140 g/mol. The van der Waals surface area contributed by atoms with E-state index in [1.54, 1.807) is 6.92 Å². The van der Waals surface area contributed by atoms with Gasteiger partial charge in [-0.15, -0.1) is 0 Å². The number of hydrogen-bond acceptors (Lipinski definition) is 1. The molecule has 0 aromatic carbocycles. The fourth-order valence-corrected chi connectivity index (χ4v) is 0.686. The second kappa shape index (κ2) is 5.03. The van der Waals surface area contributed by atoms with E-state index < -0.39 is 0 Å². The second-order valence-electron chi connectivity index (χ2n) is 2.42. The highest BCUT2D eigenvalue weighted by molar-refractivity contribution is 5.78. The predicted molar refractivity (Wildman–Crippen MR) is 46.0 cm³/mol. The summed E-state index contributed by atoms with van der Waals surface area (Å²) in [7, 11) is 0. The number of amidine groups is 1. The Kier molecular flexibility index (Phi) is 4.63. The number of nitrogens with zero attached hydrogens (tertiary/aromatic N) is 1. The van der Waals surface area contributed by atoms with Gasteiger partial charge in [0, 0.05) is 5.70 Å². The maximum Gasteiger partial charge on any atom is 0.0960 e. The molecule has 2 heteroatoms. The highest BCUT2D eigenvalue weighted by atomic mass is 14.8. The van der Waals surface area contributed by atoms with Crippen molar-refractivity contribution in [2.45, 2.75) is 33.1 Å². The Morgan fingerprint density at radius 1 is 1.60 bits per heavy atom. The molecule has 2 N–H and O–H groups in total. The van der Waals surface area contributed by atoms with Crippen LogP contribution in [-0.4, -0.2) is 5.84 Å². The van der Waals surface area contributed by atoms with Crippen LogP contribution in [0.15, 0.2) is 17.3 Å². The molecule has 0 heterocycles. The van der Waals surface area contributed by atoms with Crippen molar-refractivity contribution in [1.29, 1.82) is 0 Å². The molecular formula is C8H16N2. The zero-order valence-electron chi connectivity index (χ0n) is 6.85. The smallest absolute Gasteiger partial charge is 0.0960 e. The van der Waals surface area contributed by atoms with E-state index in [-0.39, 0.29) is 0 Å². The summed E-state index contributed by atoms with van der Waals surface area (Å²) in [5.74, 6) is 0.598. The van der Waals surface area contributed by atoms with Gasteiger partial charge in [0.25, 0.3) is 0 Å². The van der Waals surface area contributed by atoms with Crippen molar-refractivity contribution < 1.29 is 0 Å². The van der Waals surface area contributed by atoms with Gasteiger partial charge in [-0.2, -0.15) is 0 Å².